The monoisotopic (exact) mass is 1110 g/mol. The van der Waals surface area contributed by atoms with Crippen LogP contribution in [-0.4, -0.2) is 6.54 Å². The van der Waals surface area contributed by atoms with Gasteiger partial charge in [-0.25, -0.2) is 0 Å². The molecule has 0 atom stereocenters. The van der Waals surface area contributed by atoms with E-state index in [1.165, 1.54) is 488 Å². The van der Waals surface area contributed by atoms with E-state index in [2.05, 4.69) is 6.92 Å². The molecule has 0 aromatic heterocycles. The van der Waals surface area contributed by atoms with E-state index in [0.29, 0.717) is 0 Å². The molecule has 0 aliphatic rings. The third-order valence-corrected chi connectivity index (χ3v) is 19.1. The summed E-state index contributed by atoms with van der Waals surface area (Å²) in [5.41, 5.74) is 5.58. The van der Waals surface area contributed by atoms with E-state index in [1.807, 2.05) is 0 Å². The molecule has 2 N–H and O–H groups in total. The molecule has 0 radical (unpaired) electrons. The lowest BCUT2D eigenvalue weighted by Crippen LogP contribution is -1.97. The standard InChI is InChI=1S/C78H159N/c1-2-3-4-5-6-7-8-9-10-11-12-13-14-15-16-17-18-19-20-21-22-23-24-25-26-27-28-29-30-31-32-33-34-35-36-37-38-39-40-41-42-43-44-45-46-47-48-49-50-51-52-53-54-55-56-57-58-59-60-61-62-63-64-65-66-67-68-69-70-71-72-73-74-75-76-77-78-79/h2-79H2,1H3. The van der Waals surface area contributed by atoms with Crippen LogP contribution in [0.1, 0.15) is 495 Å². The Balaban J connectivity index is 3.08. The molecule has 0 bridgehead atoms. The first kappa shape index (κ1) is 79.0. The number of rotatable bonds is 76. The molecular weight excluding hydrogens is 951 g/mol. The molecule has 0 spiro atoms. The molecule has 0 saturated carbocycles. The summed E-state index contributed by atoms with van der Waals surface area (Å²) < 4.78 is 0. The predicted molar refractivity (Wildman–Crippen MR) is 366 cm³/mol. The van der Waals surface area contributed by atoms with Crippen molar-refractivity contribution in [2.45, 2.75) is 495 Å². The van der Waals surface area contributed by atoms with Crippen molar-refractivity contribution in [3.05, 3.63) is 0 Å². The van der Waals surface area contributed by atoms with Crippen molar-refractivity contribution in [2.75, 3.05) is 6.54 Å². The molecule has 476 valence electrons. The third-order valence-electron chi connectivity index (χ3n) is 19.1. The highest BCUT2D eigenvalue weighted by atomic mass is 14.5. The molecule has 0 aromatic rings. The number of hydrogen-bond donors (Lipinski definition) is 1. The minimum atomic E-state index is 0.875. The Morgan fingerprint density at radius 2 is 0.165 bits per heavy atom. The summed E-state index contributed by atoms with van der Waals surface area (Å²) in [6.07, 6.45) is 113. The van der Waals surface area contributed by atoms with Crippen LogP contribution < -0.4 is 5.73 Å². The van der Waals surface area contributed by atoms with Crippen molar-refractivity contribution in [1.29, 1.82) is 0 Å². The first-order valence-corrected chi connectivity index (χ1v) is 39.1. The average Bonchev–Trinajstić information content (AvgIpc) is 3.46. The molecule has 79 heavy (non-hydrogen) atoms. The van der Waals surface area contributed by atoms with Gasteiger partial charge in [-0.1, -0.05) is 488 Å². The highest BCUT2D eigenvalue weighted by Gasteiger charge is 2.02. The molecule has 0 saturated heterocycles. The second-order valence-electron chi connectivity index (χ2n) is 27.3. The lowest BCUT2D eigenvalue weighted by atomic mass is 10.0. The van der Waals surface area contributed by atoms with Crippen LogP contribution in [0, 0.1) is 0 Å². The van der Waals surface area contributed by atoms with Gasteiger partial charge in [0.25, 0.3) is 0 Å². The summed E-state index contributed by atoms with van der Waals surface area (Å²) in [6, 6.07) is 0. The molecule has 0 unspecified atom stereocenters. The van der Waals surface area contributed by atoms with Crippen LogP contribution in [0.2, 0.25) is 0 Å². The van der Waals surface area contributed by atoms with Gasteiger partial charge in [0.05, 0.1) is 0 Å². The molecule has 0 rings (SSSR count). The SMILES string of the molecule is CCCCCCCCCCCCCCCCCCCCCCCCCCCCCCCCCCCCCCCCCCCCCCCCCCCCCCCCCCCCCCCCCCCCCCCCCCCCCCN. The van der Waals surface area contributed by atoms with Crippen LogP contribution >= 0.6 is 0 Å². The Bertz CT molecular complexity index is 897. The van der Waals surface area contributed by atoms with Crippen molar-refractivity contribution in [3.8, 4) is 0 Å². The largest absolute Gasteiger partial charge is 0.330 e. The van der Waals surface area contributed by atoms with E-state index in [4.69, 9.17) is 5.73 Å². The molecular formula is C78H159N. The molecule has 0 aliphatic carbocycles. The van der Waals surface area contributed by atoms with E-state index in [-0.39, 0.29) is 0 Å². The van der Waals surface area contributed by atoms with Gasteiger partial charge in [0.1, 0.15) is 0 Å². The van der Waals surface area contributed by atoms with Gasteiger partial charge in [0.15, 0.2) is 0 Å². The minimum absolute atomic E-state index is 0.875. The normalized spacial score (nSPS) is 11.8. The molecule has 0 heterocycles. The highest BCUT2D eigenvalue weighted by molar-refractivity contribution is 4.57. The fourth-order valence-corrected chi connectivity index (χ4v) is 13.3. The quantitative estimate of drug-likeness (QED) is 0.0604. The van der Waals surface area contributed by atoms with Gasteiger partial charge in [-0.15, -0.1) is 0 Å². The molecule has 0 aliphatic heterocycles. The van der Waals surface area contributed by atoms with Crippen LogP contribution in [0.4, 0.5) is 0 Å². The number of hydrogen-bond acceptors (Lipinski definition) is 1. The first-order valence-electron chi connectivity index (χ1n) is 39.1. The van der Waals surface area contributed by atoms with Crippen LogP contribution in [0.5, 0.6) is 0 Å². The zero-order chi connectivity index (χ0) is 56.4. The van der Waals surface area contributed by atoms with Crippen molar-refractivity contribution in [1.82, 2.24) is 0 Å². The third kappa shape index (κ3) is 78.0. The molecule has 0 fully saturated rings. The van der Waals surface area contributed by atoms with Crippen LogP contribution in [0.25, 0.3) is 0 Å². The Hall–Kier alpha value is -0.0400. The summed E-state index contributed by atoms with van der Waals surface area (Å²) in [6.45, 7) is 3.19. The van der Waals surface area contributed by atoms with Gasteiger partial charge in [-0.2, -0.15) is 0 Å². The van der Waals surface area contributed by atoms with E-state index in [0.717, 1.165) is 6.54 Å². The second kappa shape index (κ2) is 78.0. The molecule has 1 nitrogen and oxygen atoms in total. The van der Waals surface area contributed by atoms with Crippen LogP contribution in [0.3, 0.4) is 0 Å². The van der Waals surface area contributed by atoms with Gasteiger partial charge >= 0.3 is 0 Å². The van der Waals surface area contributed by atoms with Gasteiger partial charge < -0.3 is 5.73 Å². The molecule has 0 amide bonds. The Morgan fingerprint density at radius 3 is 0.228 bits per heavy atom. The average molecular weight is 1110 g/mol. The topological polar surface area (TPSA) is 26.0 Å². The fraction of sp³-hybridized carbons (Fsp3) is 1.00. The van der Waals surface area contributed by atoms with Crippen molar-refractivity contribution in [2.24, 2.45) is 5.73 Å². The minimum Gasteiger partial charge on any atom is -0.330 e. The smallest absolute Gasteiger partial charge is 0.00773 e. The Labute approximate surface area is 504 Å². The summed E-state index contributed by atoms with van der Waals surface area (Å²) in [4.78, 5) is 0. The zero-order valence-electron chi connectivity index (χ0n) is 56.0. The predicted octanol–water partition coefficient (Wildman–Crippen LogP) is 29.6. The summed E-state index contributed by atoms with van der Waals surface area (Å²) in [7, 11) is 0. The van der Waals surface area contributed by atoms with Crippen molar-refractivity contribution in [3.63, 3.8) is 0 Å². The summed E-state index contributed by atoms with van der Waals surface area (Å²) in [5, 5.41) is 0. The van der Waals surface area contributed by atoms with Crippen molar-refractivity contribution >= 4 is 0 Å². The fourth-order valence-electron chi connectivity index (χ4n) is 13.3. The van der Waals surface area contributed by atoms with E-state index < -0.39 is 0 Å². The van der Waals surface area contributed by atoms with E-state index in [9.17, 15) is 0 Å². The number of unbranched alkanes of at least 4 members (excludes halogenated alkanes) is 75. The zero-order valence-corrected chi connectivity index (χ0v) is 56.0. The van der Waals surface area contributed by atoms with Gasteiger partial charge in [0, 0.05) is 0 Å². The lowest BCUT2D eigenvalue weighted by Gasteiger charge is -2.05. The molecule has 0 aromatic carbocycles. The van der Waals surface area contributed by atoms with Crippen molar-refractivity contribution < 1.29 is 0 Å². The first-order chi connectivity index (χ1) is 39.4. The number of nitrogens with two attached hydrogens (primary N) is 1. The van der Waals surface area contributed by atoms with Crippen LogP contribution in [0.15, 0.2) is 0 Å². The lowest BCUT2D eigenvalue weighted by molar-refractivity contribution is 0.506. The maximum atomic E-state index is 5.58. The highest BCUT2D eigenvalue weighted by Crippen LogP contribution is 2.21. The van der Waals surface area contributed by atoms with Gasteiger partial charge in [0.2, 0.25) is 0 Å². The van der Waals surface area contributed by atoms with Crippen LogP contribution in [-0.2, 0) is 0 Å². The maximum absolute atomic E-state index is 5.58. The summed E-state index contributed by atoms with van der Waals surface area (Å²) >= 11 is 0. The van der Waals surface area contributed by atoms with Gasteiger partial charge in [-0.05, 0) is 13.0 Å². The van der Waals surface area contributed by atoms with Gasteiger partial charge in [-0.3, -0.25) is 0 Å². The van der Waals surface area contributed by atoms with E-state index in [1.54, 1.807) is 0 Å². The Kier molecular flexibility index (Phi) is 77.9. The summed E-state index contributed by atoms with van der Waals surface area (Å²) in [5.74, 6) is 0. The van der Waals surface area contributed by atoms with E-state index >= 15 is 0 Å². The second-order valence-corrected chi connectivity index (χ2v) is 27.3. The molecule has 1 heteroatoms. The Morgan fingerprint density at radius 1 is 0.101 bits per heavy atom. The maximum Gasteiger partial charge on any atom is -0.00773 e.